The molecule has 0 spiro atoms. The first-order chi connectivity index (χ1) is 9.87. The average molecular weight is 334 g/mol. The number of sulfonamides is 1. The molecule has 1 aliphatic rings. The zero-order valence-corrected chi connectivity index (χ0v) is 13.2. The number of hydrogen-bond acceptors (Lipinski definition) is 6. The fraction of sp³-hybridized carbons (Fsp3) is 0.583. The zero-order valence-electron chi connectivity index (χ0n) is 11.6. The second-order valence-electron chi connectivity index (χ2n) is 4.90. The normalized spacial score (nSPS) is 20.5. The van der Waals surface area contributed by atoms with E-state index in [1.54, 1.807) is 0 Å². The molecule has 0 aromatic carbocycles. The van der Waals surface area contributed by atoms with E-state index < -0.39 is 16.0 Å². The van der Waals surface area contributed by atoms with Gasteiger partial charge in [0.25, 0.3) is 0 Å². The van der Waals surface area contributed by atoms with Gasteiger partial charge in [-0.2, -0.15) is 0 Å². The minimum absolute atomic E-state index is 0.128. The summed E-state index contributed by atoms with van der Waals surface area (Å²) in [6.07, 6.45) is -0.339. The topological polar surface area (TPSA) is 95.9 Å². The highest BCUT2D eigenvalue weighted by Gasteiger charge is 2.22. The third-order valence-corrected chi connectivity index (χ3v) is 6.07. The maximum atomic E-state index is 12.1. The number of carboxylic acid groups (broad SMARTS) is 1. The SMILES string of the molecule is CN1CCOC(CNS(=O)(=O)c2ccc(CC(=O)O)s2)C1. The first-order valence-electron chi connectivity index (χ1n) is 6.47. The van der Waals surface area contributed by atoms with Crippen molar-refractivity contribution in [1.29, 1.82) is 0 Å². The lowest BCUT2D eigenvalue weighted by molar-refractivity contribution is -0.136. The molecule has 1 fully saturated rings. The van der Waals surface area contributed by atoms with Crippen molar-refractivity contribution in [2.45, 2.75) is 16.7 Å². The van der Waals surface area contributed by atoms with Gasteiger partial charge < -0.3 is 14.7 Å². The fourth-order valence-corrected chi connectivity index (χ4v) is 4.47. The van der Waals surface area contributed by atoms with Crippen LogP contribution in [0, 0.1) is 0 Å². The highest BCUT2D eigenvalue weighted by Crippen LogP contribution is 2.22. The fourth-order valence-electron chi connectivity index (χ4n) is 2.01. The van der Waals surface area contributed by atoms with E-state index in [0.29, 0.717) is 18.0 Å². The summed E-state index contributed by atoms with van der Waals surface area (Å²) < 4.78 is 32.4. The van der Waals surface area contributed by atoms with E-state index in [0.717, 1.165) is 17.9 Å². The maximum Gasteiger partial charge on any atom is 0.308 e. The molecule has 9 heteroatoms. The Balaban J connectivity index is 1.94. The van der Waals surface area contributed by atoms with Gasteiger partial charge in [0.1, 0.15) is 4.21 Å². The van der Waals surface area contributed by atoms with Crippen molar-refractivity contribution in [3.8, 4) is 0 Å². The van der Waals surface area contributed by atoms with Gasteiger partial charge in [-0.3, -0.25) is 4.79 Å². The Morgan fingerprint density at radius 1 is 1.57 bits per heavy atom. The standard InChI is InChI=1S/C12H18N2O5S2/c1-14-4-5-19-9(8-14)7-13-21(17,18)12-3-2-10(20-12)6-11(15)16/h2-3,9,13H,4-8H2,1H3,(H,15,16). The Labute approximate surface area is 127 Å². The molecule has 2 N–H and O–H groups in total. The van der Waals surface area contributed by atoms with Gasteiger partial charge in [0.15, 0.2) is 0 Å². The van der Waals surface area contributed by atoms with Gasteiger partial charge >= 0.3 is 5.97 Å². The predicted molar refractivity (Wildman–Crippen MR) is 78.1 cm³/mol. The molecule has 1 aromatic rings. The van der Waals surface area contributed by atoms with Crippen molar-refractivity contribution in [2.75, 3.05) is 33.3 Å². The van der Waals surface area contributed by atoms with Crippen LogP contribution in [0.25, 0.3) is 0 Å². The molecule has 1 saturated heterocycles. The molecular formula is C12H18N2O5S2. The van der Waals surface area contributed by atoms with Crippen LogP contribution in [0.3, 0.4) is 0 Å². The number of rotatable bonds is 6. The molecule has 0 bridgehead atoms. The minimum Gasteiger partial charge on any atom is -0.481 e. The lowest BCUT2D eigenvalue weighted by Crippen LogP contribution is -2.45. The number of nitrogens with one attached hydrogen (secondary N) is 1. The van der Waals surface area contributed by atoms with E-state index in [2.05, 4.69) is 9.62 Å². The molecule has 118 valence electrons. The smallest absolute Gasteiger partial charge is 0.308 e. The molecular weight excluding hydrogens is 316 g/mol. The van der Waals surface area contributed by atoms with Crippen LogP contribution in [0.1, 0.15) is 4.88 Å². The molecule has 2 heterocycles. The van der Waals surface area contributed by atoms with E-state index in [1.165, 1.54) is 12.1 Å². The van der Waals surface area contributed by atoms with E-state index in [4.69, 9.17) is 9.84 Å². The highest BCUT2D eigenvalue weighted by molar-refractivity contribution is 7.91. The van der Waals surface area contributed by atoms with Crippen LogP contribution in [0.4, 0.5) is 0 Å². The summed E-state index contributed by atoms with van der Waals surface area (Å²) in [7, 11) is -1.66. The molecule has 0 radical (unpaired) electrons. The lowest BCUT2D eigenvalue weighted by atomic mass is 10.3. The quantitative estimate of drug-likeness (QED) is 0.759. The van der Waals surface area contributed by atoms with Gasteiger partial charge in [-0.05, 0) is 19.2 Å². The first kappa shape index (κ1) is 16.4. The Bertz CT molecular complexity index is 599. The van der Waals surface area contributed by atoms with E-state index >= 15 is 0 Å². The van der Waals surface area contributed by atoms with Gasteiger partial charge in [-0.15, -0.1) is 11.3 Å². The predicted octanol–water partition coefficient (Wildman–Crippen LogP) is -0.0159. The van der Waals surface area contributed by atoms with Crippen molar-refractivity contribution in [2.24, 2.45) is 0 Å². The van der Waals surface area contributed by atoms with Gasteiger partial charge in [0.05, 0.1) is 19.1 Å². The van der Waals surface area contributed by atoms with Crippen LogP contribution in [0.15, 0.2) is 16.3 Å². The van der Waals surface area contributed by atoms with E-state index in [9.17, 15) is 13.2 Å². The molecule has 0 amide bonds. The van der Waals surface area contributed by atoms with Crippen molar-refractivity contribution >= 4 is 27.3 Å². The van der Waals surface area contributed by atoms with Gasteiger partial charge in [-0.1, -0.05) is 0 Å². The molecule has 1 atom stereocenters. The molecule has 7 nitrogen and oxygen atoms in total. The van der Waals surface area contributed by atoms with Crippen molar-refractivity contribution in [3.63, 3.8) is 0 Å². The van der Waals surface area contributed by atoms with Crippen LogP contribution in [0.5, 0.6) is 0 Å². The summed E-state index contributed by atoms with van der Waals surface area (Å²) in [6, 6.07) is 2.96. The number of carboxylic acids is 1. The number of thiophene rings is 1. The monoisotopic (exact) mass is 334 g/mol. The zero-order chi connectivity index (χ0) is 15.5. The number of carbonyl (C=O) groups is 1. The highest BCUT2D eigenvalue weighted by atomic mass is 32.2. The van der Waals surface area contributed by atoms with Crippen LogP contribution >= 0.6 is 11.3 Å². The number of morpholine rings is 1. The van der Waals surface area contributed by atoms with Crippen molar-refractivity contribution < 1.29 is 23.1 Å². The molecule has 2 rings (SSSR count). The molecule has 0 aliphatic carbocycles. The molecule has 21 heavy (non-hydrogen) atoms. The Hall–Kier alpha value is -1.00. The summed E-state index contributed by atoms with van der Waals surface area (Å²) in [6.45, 7) is 2.31. The van der Waals surface area contributed by atoms with E-state index in [1.807, 2.05) is 7.05 Å². The van der Waals surface area contributed by atoms with Gasteiger partial charge in [0, 0.05) is 24.5 Å². The summed E-state index contributed by atoms with van der Waals surface area (Å²) >= 11 is 0.973. The van der Waals surface area contributed by atoms with Gasteiger partial charge in [0.2, 0.25) is 10.0 Å². The summed E-state index contributed by atoms with van der Waals surface area (Å²) in [5, 5.41) is 8.70. The van der Waals surface area contributed by atoms with Crippen LogP contribution < -0.4 is 4.72 Å². The summed E-state index contributed by atoms with van der Waals surface area (Å²) in [5.74, 6) is -0.979. The maximum absolute atomic E-state index is 12.1. The number of likely N-dealkylation sites (N-methyl/N-ethyl adjacent to an activating group) is 1. The second kappa shape index (κ2) is 6.84. The molecule has 1 aromatic heterocycles. The first-order valence-corrected chi connectivity index (χ1v) is 8.77. The van der Waals surface area contributed by atoms with Crippen molar-refractivity contribution in [3.05, 3.63) is 17.0 Å². The Morgan fingerprint density at radius 3 is 3.00 bits per heavy atom. The number of ether oxygens (including phenoxy) is 1. The van der Waals surface area contributed by atoms with Gasteiger partial charge in [-0.25, -0.2) is 13.1 Å². The Morgan fingerprint density at radius 2 is 2.33 bits per heavy atom. The lowest BCUT2D eigenvalue weighted by Gasteiger charge is -2.29. The van der Waals surface area contributed by atoms with E-state index in [-0.39, 0.29) is 23.3 Å². The number of aliphatic carboxylic acids is 1. The summed E-state index contributed by atoms with van der Waals surface area (Å²) in [5.41, 5.74) is 0. The molecule has 0 saturated carbocycles. The second-order valence-corrected chi connectivity index (χ2v) is 8.06. The molecule has 1 unspecified atom stereocenters. The number of hydrogen-bond donors (Lipinski definition) is 2. The van der Waals surface area contributed by atoms with Crippen LogP contribution in [-0.2, 0) is 26.0 Å². The third-order valence-electron chi connectivity index (χ3n) is 3.07. The number of nitrogens with zero attached hydrogens (tertiary/aromatic N) is 1. The van der Waals surface area contributed by atoms with Crippen LogP contribution in [-0.4, -0.2) is 63.8 Å². The minimum atomic E-state index is -3.62. The van der Waals surface area contributed by atoms with Crippen LogP contribution in [0.2, 0.25) is 0 Å². The summed E-state index contributed by atoms with van der Waals surface area (Å²) in [4.78, 5) is 13.2. The third kappa shape index (κ3) is 4.75. The largest absolute Gasteiger partial charge is 0.481 e. The Kier molecular flexibility index (Phi) is 5.33. The average Bonchev–Trinajstić information content (AvgIpc) is 2.85. The molecule has 1 aliphatic heterocycles. The van der Waals surface area contributed by atoms with Crippen molar-refractivity contribution in [1.82, 2.24) is 9.62 Å².